The number of hydrogen-bond acceptors (Lipinski definition) is 6. The van der Waals surface area contributed by atoms with Gasteiger partial charge in [0.2, 0.25) is 0 Å². The van der Waals surface area contributed by atoms with Gasteiger partial charge >= 0.3 is 5.97 Å². The first kappa shape index (κ1) is 18.3. The lowest BCUT2D eigenvalue weighted by atomic mass is 9.98. The first-order chi connectivity index (χ1) is 12.5. The minimum absolute atomic E-state index is 0.0415. The summed E-state index contributed by atoms with van der Waals surface area (Å²) >= 11 is 1.40. The molecule has 0 atom stereocenters. The molecule has 7 heteroatoms. The Kier molecular flexibility index (Phi) is 5.18. The van der Waals surface area contributed by atoms with Crippen molar-refractivity contribution in [2.24, 2.45) is 0 Å². The van der Waals surface area contributed by atoms with Crippen LogP contribution < -0.4 is 15.4 Å². The Labute approximate surface area is 156 Å². The van der Waals surface area contributed by atoms with Crippen molar-refractivity contribution >= 4 is 33.9 Å². The predicted molar refractivity (Wildman–Crippen MR) is 103 cm³/mol. The van der Waals surface area contributed by atoms with Gasteiger partial charge in [-0.25, -0.2) is 4.79 Å². The van der Waals surface area contributed by atoms with Gasteiger partial charge < -0.3 is 20.1 Å². The van der Waals surface area contributed by atoms with E-state index in [1.165, 1.54) is 11.3 Å². The smallest absolute Gasteiger partial charge is 0.341 e. The summed E-state index contributed by atoms with van der Waals surface area (Å²) in [6.07, 6.45) is 0.744. The second-order valence-corrected chi connectivity index (χ2v) is 6.96. The predicted octanol–water partition coefficient (Wildman–Crippen LogP) is 3.48. The number of hydrogen-bond donors (Lipinski definition) is 1. The van der Waals surface area contributed by atoms with Gasteiger partial charge in [-0.3, -0.25) is 4.79 Å². The largest absolute Gasteiger partial charge is 0.482 e. The van der Waals surface area contributed by atoms with Crippen LogP contribution in [0.2, 0.25) is 0 Å². The topological polar surface area (TPSA) is 81.9 Å². The number of benzene rings is 1. The van der Waals surface area contributed by atoms with Crippen LogP contribution in [0.4, 0.5) is 10.7 Å². The highest BCUT2D eigenvalue weighted by molar-refractivity contribution is 7.17. The van der Waals surface area contributed by atoms with E-state index in [1.54, 1.807) is 11.8 Å². The SMILES string of the molecule is CCOC(=O)c1c(N)sc(CC)c1-c1ccc2c(c1)N(CC)C(=O)CO2. The van der Waals surface area contributed by atoms with Crippen LogP contribution in [0.15, 0.2) is 18.2 Å². The van der Waals surface area contributed by atoms with Gasteiger partial charge in [-0.15, -0.1) is 11.3 Å². The van der Waals surface area contributed by atoms with Crippen LogP contribution in [0, 0.1) is 0 Å². The normalized spacial score (nSPS) is 13.3. The van der Waals surface area contributed by atoms with Crippen LogP contribution in [0.1, 0.15) is 36.0 Å². The minimum atomic E-state index is -0.423. The fraction of sp³-hybridized carbons (Fsp3) is 0.368. The summed E-state index contributed by atoms with van der Waals surface area (Å²) in [5.74, 6) is 0.158. The number of nitrogen functional groups attached to an aromatic ring is 1. The summed E-state index contributed by atoms with van der Waals surface area (Å²) in [5.41, 5.74) is 8.85. The van der Waals surface area contributed by atoms with E-state index in [0.29, 0.717) is 28.5 Å². The van der Waals surface area contributed by atoms with Gasteiger partial charge in [0.25, 0.3) is 5.91 Å². The summed E-state index contributed by atoms with van der Waals surface area (Å²) in [7, 11) is 0. The van der Waals surface area contributed by atoms with Crippen molar-refractivity contribution in [1.82, 2.24) is 0 Å². The number of carbonyl (C=O) groups is 2. The molecule has 0 spiro atoms. The quantitative estimate of drug-likeness (QED) is 0.810. The van der Waals surface area contributed by atoms with E-state index in [4.69, 9.17) is 15.2 Å². The third kappa shape index (κ3) is 3.03. The van der Waals surface area contributed by atoms with Crippen molar-refractivity contribution in [3.8, 4) is 16.9 Å². The maximum atomic E-state index is 12.5. The molecule has 0 unspecified atom stereocenters. The molecule has 26 heavy (non-hydrogen) atoms. The van der Waals surface area contributed by atoms with Crippen molar-refractivity contribution in [3.05, 3.63) is 28.6 Å². The van der Waals surface area contributed by atoms with Crippen LogP contribution in [-0.4, -0.2) is 31.6 Å². The second kappa shape index (κ2) is 7.37. The molecule has 2 heterocycles. The number of ether oxygens (including phenoxy) is 2. The van der Waals surface area contributed by atoms with E-state index in [-0.39, 0.29) is 19.1 Å². The lowest BCUT2D eigenvalue weighted by Crippen LogP contribution is -2.38. The van der Waals surface area contributed by atoms with Gasteiger partial charge in [0, 0.05) is 17.0 Å². The highest BCUT2D eigenvalue weighted by Crippen LogP contribution is 2.43. The fourth-order valence-electron chi connectivity index (χ4n) is 3.16. The molecule has 3 rings (SSSR count). The number of nitrogens with two attached hydrogens (primary N) is 1. The van der Waals surface area contributed by atoms with Gasteiger partial charge in [0.1, 0.15) is 16.3 Å². The monoisotopic (exact) mass is 374 g/mol. The summed E-state index contributed by atoms with van der Waals surface area (Å²) in [4.78, 5) is 27.3. The van der Waals surface area contributed by atoms with E-state index in [0.717, 1.165) is 22.4 Å². The molecule has 2 aromatic rings. The third-order valence-corrected chi connectivity index (χ3v) is 5.48. The average molecular weight is 374 g/mol. The Morgan fingerprint density at radius 2 is 2.12 bits per heavy atom. The summed E-state index contributed by atoms with van der Waals surface area (Å²) in [6, 6.07) is 5.62. The van der Waals surface area contributed by atoms with Crippen LogP contribution >= 0.6 is 11.3 Å². The fourth-order valence-corrected chi connectivity index (χ4v) is 4.18. The van der Waals surface area contributed by atoms with Gasteiger partial charge in [0.05, 0.1) is 12.3 Å². The van der Waals surface area contributed by atoms with Gasteiger partial charge in [0.15, 0.2) is 6.61 Å². The standard InChI is InChI=1S/C19H22N2O4S/c1-4-14-16(17(18(20)26-14)19(23)24-6-3)11-7-8-13-12(9-11)21(5-2)15(22)10-25-13/h7-9H,4-6,10,20H2,1-3H3. The number of amides is 1. The summed E-state index contributed by atoms with van der Waals surface area (Å²) in [5, 5.41) is 0.452. The molecule has 6 nitrogen and oxygen atoms in total. The van der Waals surface area contributed by atoms with E-state index >= 15 is 0 Å². The second-order valence-electron chi connectivity index (χ2n) is 5.82. The number of likely N-dealkylation sites (N-methyl/N-ethyl adjacent to an activating group) is 1. The van der Waals surface area contributed by atoms with Crippen LogP contribution in [0.25, 0.3) is 11.1 Å². The number of nitrogens with zero attached hydrogens (tertiary/aromatic N) is 1. The molecule has 0 fully saturated rings. The Morgan fingerprint density at radius 1 is 1.35 bits per heavy atom. The van der Waals surface area contributed by atoms with Gasteiger partial charge in [-0.05, 0) is 38.0 Å². The first-order valence-electron chi connectivity index (χ1n) is 8.67. The number of esters is 1. The molecule has 138 valence electrons. The van der Waals surface area contributed by atoms with E-state index < -0.39 is 5.97 Å². The third-order valence-electron chi connectivity index (χ3n) is 4.32. The highest BCUT2D eigenvalue weighted by Gasteiger charge is 2.28. The van der Waals surface area contributed by atoms with Crippen molar-refractivity contribution < 1.29 is 19.1 Å². The maximum absolute atomic E-state index is 12.5. The summed E-state index contributed by atoms with van der Waals surface area (Å²) < 4.78 is 10.7. The molecule has 1 aliphatic heterocycles. The highest BCUT2D eigenvalue weighted by atomic mass is 32.1. The number of fused-ring (bicyclic) bond motifs is 1. The Hall–Kier alpha value is -2.54. The maximum Gasteiger partial charge on any atom is 0.341 e. The van der Waals surface area contributed by atoms with Gasteiger partial charge in [-0.2, -0.15) is 0 Å². The molecule has 1 aromatic heterocycles. The Balaban J connectivity index is 2.17. The van der Waals surface area contributed by atoms with Crippen LogP contribution in [0.3, 0.4) is 0 Å². The molecule has 0 aliphatic carbocycles. The summed E-state index contributed by atoms with van der Waals surface area (Å²) in [6.45, 7) is 6.58. The van der Waals surface area contributed by atoms with E-state index in [1.807, 2.05) is 32.0 Å². The average Bonchev–Trinajstić information content (AvgIpc) is 2.97. The Morgan fingerprint density at radius 3 is 2.77 bits per heavy atom. The molecule has 1 aliphatic rings. The number of rotatable bonds is 5. The van der Waals surface area contributed by atoms with Crippen molar-refractivity contribution in [2.75, 3.05) is 30.4 Å². The zero-order valence-corrected chi connectivity index (χ0v) is 15.9. The number of thiophene rings is 1. The Bertz CT molecular complexity index is 859. The van der Waals surface area contributed by atoms with Crippen molar-refractivity contribution in [2.45, 2.75) is 27.2 Å². The van der Waals surface area contributed by atoms with Crippen LogP contribution in [-0.2, 0) is 16.0 Å². The van der Waals surface area contributed by atoms with E-state index in [2.05, 4.69) is 0 Å². The van der Waals surface area contributed by atoms with Gasteiger partial charge in [-0.1, -0.05) is 13.0 Å². The molecule has 2 N–H and O–H groups in total. The molecule has 0 saturated carbocycles. The number of aryl methyl sites for hydroxylation is 1. The first-order valence-corrected chi connectivity index (χ1v) is 9.49. The van der Waals surface area contributed by atoms with Crippen LogP contribution in [0.5, 0.6) is 5.75 Å². The van der Waals surface area contributed by atoms with Crippen molar-refractivity contribution in [1.29, 1.82) is 0 Å². The molecule has 1 aromatic carbocycles. The van der Waals surface area contributed by atoms with E-state index in [9.17, 15) is 9.59 Å². The molecular weight excluding hydrogens is 352 g/mol. The van der Waals surface area contributed by atoms with Crippen molar-refractivity contribution in [3.63, 3.8) is 0 Å². The number of carbonyl (C=O) groups excluding carboxylic acids is 2. The number of anilines is 2. The molecule has 0 bridgehead atoms. The zero-order valence-electron chi connectivity index (χ0n) is 15.1. The molecule has 0 radical (unpaired) electrons. The lowest BCUT2D eigenvalue weighted by molar-refractivity contribution is -0.121. The molecule has 1 amide bonds. The zero-order chi connectivity index (χ0) is 18.8. The molecular formula is C19H22N2O4S. The molecule has 0 saturated heterocycles. The minimum Gasteiger partial charge on any atom is -0.482 e. The lowest BCUT2D eigenvalue weighted by Gasteiger charge is -2.28.